The third-order valence-electron chi connectivity index (χ3n) is 3.12. The van der Waals surface area contributed by atoms with E-state index in [1.807, 2.05) is 30.3 Å². The smallest absolute Gasteiger partial charge is 0.192 e. The lowest BCUT2D eigenvalue weighted by Gasteiger charge is -2.10. The summed E-state index contributed by atoms with van der Waals surface area (Å²) in [5.41, 5.74) is 1.29. The van der Waals surface area contributed by atoms with E-state index < -0.39 is 0 Å². The van der Waals surface area contributed by atoms with Crippen LogP contribution in [-0.4, -0.2) is 25.6 Å². The van der Waals surface area contributed by atoms with E-state index in [0.29, 0.717) is 13.1 Å². The van der Waals surface area contributed by atoms with E-state index in [0.717, 1.165) is 31.1 Å². The molecule has 0 aliphatic rings. The van der Waals surface area contributed by atoms with Gasteiger partial charge in [-0.25, -0.2) is 0 Å². The summed E-state index contributed by atoms with van der Waals surface area (Å²) in [4.78, 5) is 4.51. The lowest BCUT2D eigenvalue weighted by Crippen LogP contribution is -2.38. The first kappa shape index (κ1) is 19.1. The van der Waals surface area contributed by atoms with Gasteiger partial charge in [0.15, 0.2) is 5.96 Å². The van der Waals surface area contributed by atoms with E-state index >= 15 is 0 Å². The molecule has 0 saturated heterocycles. The topological polar surface area (TPSA) is 49.6 Å². The molecular weight excluding hydrogens is 401 g/mol. The molecule has 0 fully saturated rings. The SMILES string of the molecule is C#CCNC(=NCCc1ccco1)NCCc1ccccc1.I. The first-order chi connectivity index (χ1) is 10.9. The number of hydrogen-bond donors (Lipinski definition) is 2. The average Bonchev–Trinajstić information content (AvgIpc) is 3.06. The van der Waals surface area contributed by atoms with E-state index in [1.54, 1.807) is 6.26 Å². The maximum absolute atomic E-state index is 5.29. The number of benzene rings is 1. The van der Waals surface area contributed by atoms with Gasteiger partial charge in [0.25, 0.3) is 0 Å². The van der Waals surface area contributed by atoms with Crippen LogP contribution in [0.1, 0.15) is 11.3 Å². The van der Waals surface area contributed by atoms with Gasteiger partial charge in [-0.1, -0.05) is 36.3 Å². The number of nitrogens with zero attached hydrogens (tertiary/aromatic N) is 1. The van der Waals surface area contributed by atoms with Crippen molar-refractivity contribution in [2.24, 2.45) is 4.99 Å². The summed E-state index contributed by atoms with van der Waals surface area (Å²) in [6.45, 7) is 1.91. The summed E-state index contributed by atoms with van der Waals surface area (Å²) in [7, 11) is 0. The summed E-state index contributed by atoms with van der Waals surface area (Å²) in [5.74, 6) is 4.23. The molecule has 1 aromatic carbocycles. The summed E-state index contributed by atoms with van der Waals surface area (Å²) in [6.07, 6.45) is 8.68. The van der Waals surface area contributed by atoms with E-state index in [1.165, 1.54) is 5.56 Å². The summed E-state index contributed by atoms with van der Waals surface area (Å²) in [5, 5.41) is 6.40. The highest BCUT2D eigenvalue weighted by Gasteiger charge is 1.99. The Balaban J connectivity index is 0.00000264. The largest absolute Gasteiger partial charge is 0.469 e. The molecule has 0 aliphatic carbocycles. The molecule has 0 aliphatic heterocycles. The van der Waals surface area contributed by atoms with Gasteiger partial charge in [0.2, 0.25) is 0 Å². The van der Waals surface area contributed by atoms with Crippen molar-refractivity contribution in [3.05, 3.63) is 60.1 Å². The summed E-state index contributed by atoms with van der Waals surface area (Å²) < 4.78 is 5.29. The average molecular weight is 423 g/mol. The van der Waals surface area contributed by atoms with Gasteiger partial charge in [-0.3, -0.25) is 4.99 Å². The Morgan fingerprint density at radius 2 is 1.91 bits per heavy atom. The van der Waals surface area contributed by atoms with Crippen molar-refractivity contribution in [2.45, 2.75) is 12.8 Å². The van der Waals surface area contributed by atoms with Crippen molar-refractivity contribution in [3.63, 3.8) is 0 Å². The molecule has 4 nitrogen and oxygen atoms in total. The Morgan fingerprint density at radius 3 is 2.61 bits per heavy atom. The molecular formula is C18H22IN3O. The van der Waals surface area contributed by atoms with Crippen LogP contribution >= 0.6 is 24.0 Å². The molecule has 0 amide bonds. The fourth-order valence-corrected chi connectivity index (χ4v) is 2.01. The molecule has 1 aromatic heterocycles. The number of terminal acetylenes is 1. The third kappa shape index (κ3) is 7.75. The van der Waals surface area contributed by atoms with E-state index in [4.69, 9.17) is 10.8 Å². The number of nitrogens with one attached hydrogen (secondary N) is 2. The first-order valence-electron chi connectivity index (χ1n) is 7.40. The van der Waals surface area contributed by atoms with Crippen LogP contribution in [0.25, 0.3) is 0 Å². The fraction of sp³-hybridized carbons (Fsp3) is 0.278. The normalized spacial score (nSPS) is 10.5. The lowest BCUT2D eigenvalue weighted by molar-refractivity contribution is 0.510. The zero-order chi connectivity index (χ0) is 15.5. The molecule has 0 unspecified atom stereocenters. The lowest BCUT2D eigenvalue weighted by atomic mass is 10.1. The molecule has 2 aromatic rings. The zero-order valence-electron chi connectivity index (χ0n) is 13.0. The van der Waals surface area contributed by atoms with Crippen molar-refractivity contribution >= 4 is 29.9 Å². The third-order valence-corrected chi connectivity index (χ3v) is 3.12. The minimum atomic E-state index is 0. The van der Waals surface area contributed by atoms with Crippen molar-refractivity contribution in [2.75, 3.05) is 19.6 Å². The second-order valence-electron chi connectivity index (χ2n) is 4.78. The van der Waals surface area contributed by atoms with Gasteiger partial charge >= 0.3 is 0 Å². The highest BCUT2D eigenvalue weighted by Crippen LogP contribution is 2.01. The second kappa shape index (κ2) is 11.6. The maximum atomic E-state index is 5.29. The Labute approximate surface area is 154 Å². The van der Waals surface area contributed by atoms with Gasteiger partial charge in [0.1, 0.15) is 5.76 Å². The van der Waals surface area contributed by atoms with E-state index in [9.17, 15) is 0 Å². The first-order valence-corrected chi connectivity index (χ1v) is 7.40. The number of halogens is 1. The van der Waals surface area contributed by atoms with Gasteiger partial charge in [-0.05, 0) is 24.1 Å². The minimum Gasteiger partial charge on any atom is -0.469 e. The molecule has 0 radical (unpaired) electrons. The zero-order valence-corrected chi connectivity index (χ0v) is 15.3. The summed E-state index contributed by atoms with van der Waals surface area (Å²) >= 11 is 0. The Morgan fingerprint density at radius 1 is 1.09 bits per heavy atom. The number of aliphatic imine (C=N–C) groups is 1. The van der Waals surface area contributed by atoms with Crippen LogP contribution < -0.4 is 10.6 Å². The Bertz CT molecular complexity index is 603. The Hall–Kier alpha value is -1.94. The van der Waals surface area contributed by atoms with Crippen molar-refractivity contribution in [1.82, 2.24) is 10.6 Å². The van der Waals surface area contributed by atoms with Crippen molar-refractivity contribution < 1.29 is 4.42 Å². The number of furan rings is 1. The van der Waals surface area contributed by atoms with Gasteiger partial charge < -0.3 is 15.1 Å². The van der Waals surface area contributed by atoms with E-state index in [-0.39, 0.29) is 24.0 Å². The molecule has 1 heterocycles. The molecule has 122 valence electrons. The standard InChI is InChI=1S/C18H21N3O.HI/c1-2-12-19-18(21-14-11-17-9-6-15-22-17)20-13-10-16-7-4-3-5-8-16;/h1,3-9,15H,10-14H2,(H2,19,20,21);1H. The molecule has 5 heteroatoms. The van der Waals surface area contributed by atoms with Crippen LogP contribution in [0.15, 0.2) is 58.1 Å². The van der Waals surface area contributed by atoms with E-state index in [2.05, 4.69) is 33.7 Å². The second-order valence-corrected chi connectivity index (χ2v) is 4.78. The monoisotopic (exact) mass is 423 g/mol. The van der Waals surface area contributed by atoms with Crippen LogP contribution in [-0.2, 0) is 12.8 Å². The van der Waals surface area contributed by atoms with Crippen LogP contribution in [0.4, 0.5) is 0 Å². The van der Waals surface area contributed by atoms with Crippen LogP contribution in [0.2, 0.25) is 0 Å². The molecule has 0 bridgehead atoms. The predicted molar refractivity (Wildman–Crippen MR) is 105 cm³/mol. The predicted octanol–water partition coefficient (Wildman–Crippen LogP) is 2.85. The molecule has 0 saturated carbocycles. The van der Waals surface area contributed by atoms with Gasteiger partial charge in [-0.2, -0.15) is 0 Å². The molecule has 0 atom stereocenters. The highest BCUT2D eigenvalue weighted by molar-refractivity contribution is 14.0. The van der Waals surface area contributed by atoms with Crippen LogP contribution in [0, 0.1) is 12.3 Å². The number of guanidine groups is 1. The van der Waals surface area contributed by atoms with Gasteiger partial charge in [-0.15, -0.1) is 30.4 Å². The van der Waals surface area contributed by atoms with Crippen molar-refractivity contribution in [1.29, 1.82) is 0 Å². The quantitative estimate of drug-likeness (QED) is 0.312. The van der Waals surface area contributed by atoms with Crippen LogP contribution in [0.3, 0.4) is 0 Å². The highest BCUT2D eigenvalue weighted by atomic mass is 127. The molecule has 0 spiro atoms. The molecule has 2 N–H and O–H groups in total. The fourth-order valence-electron chi connectivity index (χ4n) is 2.01. The molecule has 23 heavy (non-hydrogen) atoms. The Kier molecular flexibility index (Phi) is 9.64. The van der Waals surface area contributed by atoms with Gasteiger partial charge in [0, 0.05) is 19.5 Å². The minimum absolute atomic E-state index is 0. The maximum Gasteiger partial charge on any atom is 0.192 e. The van der Waals surface area contributed by atoms with Gasteiger partial charge in [0.05, 0.1) is 12.8 Å². The molecule has 2 rings (SSSR count). The van der Waals surface area contributed by atoms with Crippen LogP contribution in [0.5, 0.6) is 0 Å². The van der Waals surface area contributed by atoms with Crippen molar-refractivity contribution in [3.8, 4) is 12.3 Å². The number of rotatable bonds is 7. The number of hydrogen-bond acceptors (Lipinski definition) is 2. The summed E-state index contributed by atoms with van der Waals surface area (Å²) in [6, 6.07) is 14.2.